The Morgan fingerprint density at radius 2 is 2.37 bits per heavy atom. The molecule has 5 heteroatoms. The van der Waals surface area contributed by atoms with Crippen LogP contribution in [0.5, 0.6) is 11.5 Å². The normalized spacial score (nSPS) is 20.9. The van der Waals surface area contributed by atoms with E-state index in [2.05, 4.69) is 0 Å². The number of nitrogens with two attached hydrogens (primary N) is 1. The quantitative estimate of drug-likeness (QED) is 0.865. The van der Waals surface area contributed by atoms with Crippen LogP contribution in [0, 0.1) is 0 Å². The molecule has 3 N–H and O–H groups in total. The molecular weight excluding hydrogens is 262 g/mol. The predicted octanol–water partition coefficient (Wildman–Crippen LogP) is 1.96. The van der Waals surface area contributed by atoms with E-state index < -0.39 is 6.10 Å². The molecule has 1 aliphatic rings. The van der Waals surface area contributed by atoms with Crippen LogP contribution in [0.1, 0.15) is 24.5 Å². The summed E-state index contributed by atoms with van der Waals surface area (Å²) in [6, 6.07) is 5.56. The van der Waals surface area contributed by atoms with Crippen molar-refractivity contribution >= 4 is 11.8 Å². The summed E-state index contributed by atoms with van der Waals surface area (Å²) in [5, 5.41) is 9.91. The van der Waals surface area contributed by atoms with Crippen LogP contribution in [0.4, 0.5) is 0 Å². The molecule has 1 saturated heterocycles. The summed E-state index contributed by atoms with van der Waals surface area (Å²) in [5.74, 6) is 3.51. The second-order valence-electron chi connectivity index (χ2n) is 4.59. The molecule has 2 unspecified atom stereocenters. The van der Waals surface area contributed by atoms with Crippen molar-refractivity contribution in [3.05, 3.63) is 23.8 Å². The lowest BCUT2D eigenvalue weighted by Crippen LogP contribution is -2.23. The molecule has 0 aromatic heterocycles. The molecule has 2 atom stereocenters. The van der Waals surface area contributed by atoms with Crippen LogP contribution in [0.3, 0.4) is 0 Å². The third-order valence-electron chi connectivity index (χ3n) is 3.21. The van der Waals surface area contributed by atoms with Gasteiger partial charge in [0.2, 0.25) is 0 Å². The average molecular weight is 283 g/mol. The monoisotopic (exact) mass is 283 g/mol. The number of para-hydroxylation sites is 1. The van der Waals surface area contributed by atoms with Crippen molar-refractivity contribution in [2.24, 2.45) is 5.73 Å². The fourth-order valence-corrected chi connectivity index (χ4v) is 3.25. The van der Waals surface area contributed by atoms with Crippen molar-refractivity contribution in [3.63, 3.8) is 0 Å². The smallest absolute Gasteiger partial charge is 0.166 e. The van der Waals surface area contributed by atoms with E-state index in [4.69, 9.17) is 15.2 Å². The number of thioether (sulfide) groups is 1. The molecule has 1 aliphatic heterocycles. The summed E-state index contributed by atoms with van der Waals surface area (Å²) in [7, 11) is 1.59. The lowest BCUT2D eigenvalue weighted by atomic mass is 10.1. The molecule has 0 amide bonds. The maximum absolute atomic E-state index is 9.91. The van der Waals surface area contributed by atoms with Crippen LogP contribution in [0.2, 0.25) is 0 Å². The van der Waals surface area contributed by atoms with Gasteiger partial charge in [0, 0.05) is 17.9 Å². The fourth-order valence-electron chi connectivity index (χ4n) is 2.22. The zero-order valence-corrected chi connectivity index (χ0v) is 12.0. The highest BCUT2D eigenvalue weighted by Crippen LogP contribution is 2.36. The van der Waals surface area contributed by atoms with Crippen LogP contribution >= 0.6 is 11.8 Å². The lowest BCUT2D eigenvalue weighted by molar-refractivity contribution is 0.174. The van der Waals surface area contributed by atoms with Gasteiger partial charge in [-0.2, -0.15) is 11.8 Å². The molecule has 1 heterocycles. The highest BCUT2D eigenvalue weighted by atomic mass is 32.2. The summed E-state index contributed by atoms with van der Waals surface area (Å²) in [6.45, 7) is 0.166. The van der Waals surface area contributed by atoms with Gasteiger partial charge in [0.05, 0.1) is 13.2 Å². The molecular formula is C14H21NO3S. The minimum absolute atomic E-state index is 0.166. The number of rotatable bonds is 5. The van der Waals surface area contributed by atoms with Gasteiger partial charge < -0.3 is 20.3 Å². The Balaban J connectivity index is 2.19. The minimum Gasteiger partial charge on any atom is -0.492 e. The Morgan fingerprint density at radius 3 is 3.00 bits per heavy atom. The molecule has 19 heavy (non-hydrogen) atoms. The largest absolute Gasteiger partial charge is 0.492 e. The van der Waals surface area contributed by atoms with Gasteiger partial charge in [0.15, 0.2) is 11.5 Å². The average Bonchev–Trinajstić information content (AvgIpc) is 2.47. The SMILES string of the molecule is COc1c(OC2CCCSC2)cccc1C(O)CN. The number of hydrogen-bond donors (Lipinski definition) is 2. The second kappa shape index (κ2) is 7.03. The van der Waals surface area contributed by atoms with Gasteiger partial charge in [-0.3, -0.25) is 0 Å². The first-order chi connectivity index (χ1) is 9.26. The van der Waals surface area contributed by atoms with Crippen LogP contribution < -0.4 is 15.2 Å². The maximum Gasteiger partial charge on any atom is 0.166 e. The number of aliphatic hydroxyl groups is 1. The molecule has 0 saturated carbocycles. The molecule has 0 spiro atoms. The number of hydrogen-bond acceptors (Lipinski definition) is 5. The van der Waals surface area contributed by atoms with E-state index in [0.717, 1.165) is 12.2 Å². The van der Waals surface area contributed by atoms with Crippen molar-refractivity contribution in [1.82, 2.24) is 0 Å². The van der Waals surface area contributed by atoms with Gasteiger partial charge in [-0.25, -0.2) is 0 Å². The van der Waals surface area contributed by atoms with Gasteiger partial charge in [0.1, 0.15) is 6.10 Å². The highest BCUT2D eigenvalue weighted by molar-refractivity contribution is 7.99. The van der Waals surface area contributed by atoms with Crippen molar-refractivity contribution in [2.45, 2.75) is 25.0 Å². The van der Waals surface area contributed by atoms with E-state index in [1.165, 1.54) is 12.2 Å². The lowest BCUT2D eigenvalue weighted by Gasteiger charge is -2.25. The van der Waals surface area contributed by atoms with Crippen molar-refractivity contribution in [1.29, 1.82) is 0 Å². The molecule has 2 rings (SSSR count). The molecule has 4 nitrogen and oxygen atoms in total. The molecule has 106 valence electrons. The first-order valence-corrected chi connectivity index (χ1v) is 7.71. The maximum atomic E-state index is 9.91. The van der Waals surface area contributed by atoms with Crippen LogP contribution in [0.15, 0.2) is 18.2 Å². The molecule has 1 aromatic carbocycles. The minimum atomic E-state index is -0.723. The first kappa shape index (κ1) is 14.5. The number of methoxy groups -OCH3 is 1. The van der Waals surface area contributed by atoms with E-state index in [0.29, 0.717) is 17.1 Å². The van der Waals surface area contributed by atoms with Gasteiger partial charge in [-0.15, -0.1) is 0 Å². The van der Waals surface area contributed by atoms with E-state index in [-0.39, 0.29) is 12.6 Å². The summed E-state index contributed by atoms with van der Waals surface area (Å²) < 4.78 is 11.4. The first-order valence-electron chi connectivity index (χ1n) is 6.55. The van der Waals surface area contributed by atoms with Crippen molar-refractivity contribution < 1.29 is 14.6 Å². The molecule has 1 fully saturated rings. The van der Waals surface area contributed by atoms with Gasteiger partial charge in [-0.05, 0) is 24.7 Å². The van der Waals surface area contributed by atoms with Gasteiger partial charge in [-0.1, -0.05) is 12.1 Å². The van der Waals surface area contributed by atoms with Gasteiger partial charge in [0.25, 0.3) is 0 Å². The number of ether oxygens (including phenoxy) is 2. The van der Waals surface area contributed by atoms with E-state index in [1.807, 2.05) is 30.0 Å². The second-order valence-corrected chi connectivity index (χ2v) is 5.74. The van der Waals surface area contributed by atoms with Crippen molar-refractivity contribution in [2.75, 3.05) is 25.2 Å². The Kier molecular flexibility index (Phi) is 5.36. The predicted molar refractivity (Wildman–Crippen MR) is 78.0 cm³/mol. The number of aliphatic hydroxyl groups excluding tert-OH is 1. The summed E-state index contributed by atoms with van der Waals surface area (Å²) in [6.07, 6.45) is 1.75. The van der Waals surface area contributed by atoms with E-state index in [1.54, 1.807) is 7.11 Å². The molecule has 1 aromatic rings. The summed E-state index contributed by atoms with van der Waals surface area (Å²) in [4.78, 5) is 0. The Hall–Kier alpha value is -0.910. The zero-order chi connectivity index (χ0) is 13.7. The summed E-state index contributed by atoms with van der Waals surface area (Å²) >= 11 is 1.92. The number of benzene rings is 1. The van der Waals surface area contributed by atoms with Crippen LogP contribution in [-0.4, -0.2) is 36.4 Å². The van der Waals surface area contributed by atoms with Crippen molar-refractivity contribution in [3.8, 4) is 11.5 Å². The Morgan fingerprint density at radius 1 is 1.53 bits per heavy atom. The Bertz CT molecular complexity index is 408. The molecule has 0 aliphatic carbocycles. The summed E-state index contributed by atoms with van der Waals surface area (Å²) in [5.41, 5.74) is 6.20. The fraction of sp³-hybridized carbons (Fsp3) is 0.571. The van der Waals surface area contributed by atoms with E-state index in [9.17, 15) is 5.11 Å². The molecule has 0 bridgehead atoms. The third-order valence-corrected chi connectivity index (χ3v) is 4.39. The highest BCUT2D eigenvalue weighted by Gasteiger charge is 2.20. The molecule has 0 radical (unpaired) electrons. The third kappa shape index (κ3) is 3.55. The standard InChI is InChI=1S/C14H21NO3S/c1-17-14-11(12(16)8-15)5-2-6-13(14)18-10-4-3-7-19-9-10/h2,5-6,10,12,16H,3-4,7-9,15H2,1H3. The van der Waals surface area contributed by atoms with Crippen LogP contribution in [0.25, 0.3) is 0 Å². The topological polar surface area (TPSA) is 64.7 Å². The Labute approximate surface area is 118 Å². The van der Waals surface area contributed by atoms with E-state index >= 15 is 0 Å². The zero-order valence-electron chi connectivity index (χ0n) is 11.2. The van der Waals surface area contributed by atoms with Gasteiger partial charge >= 0.3 is 0 Å². The van der Waals surface area contributed by atoms with Crippen LogP contribution in [-0.2, 0) is 0 Å².